The van der Waals surface area contributed by atoms with Crippen LogP contribution in [-0.4, -0.2) is 128 Å². The molecule has 0 radical (unpaired) electrons. The molecule has 7 rings (SSSR count). The molecule has 5 amide bonds. The number of amides is 5. The maximum absolute atomic E-state index is 13.3. The zero-order valence-corrected chi connectivity index (χ0v) is 53.3. The number of aromatic nitrogens is 2. The molecule has 22 heteroatoms. The lowest BCUT2D eigenvalue weighted by molar-refractivity contribution is -0.158. The summed E-state index contributed by atoms with van der Waals surface area (Å²) >= 11 is 0. The van der Waals surface area contributed by atoms with Gasteiger partial charge in [-0.3, -0.25) is 63.1 Å². The molecule has 0 saturated carbocycles. The lowest BCUT2D eigenvalue weighted by Crippen LogP contribution is -2.61. The van der Waals surface area contributed by atoms with Gasteiger partial charge in [-0.2, -0.15) is 0 Å². The molecular formula is C66H89N9O13. The van der Waals surface area contributed by atoms with Gasteiger partial charge in [-0.15, -0.1) is 0 Å². The Kier molecular flexibility index (Phi) is 24.1. The summed E-state index contributed by atoms with van der Waals surface area (Å²) in [6, 6.07) is 11.2. The average molecular weight is 1220 g/mol. The number of carbonyl (C=O) groups excluding carboxylic acids is 9. The van der Waals surface area contributed by atoms with E-state index in [9.17, 15) is 43.2 Å². The largest absolute Gasteiger partial charge is 0.460 e. The Labute approximate surface area is 516 Å². The first-order chi connectivity index (χ1) is 41.3. The van der Waals surface area contributed by atoms with Crippen LogP contribution >= 0.6 is 0 Å². The number of fused-ring (bicyclic) bond motifs is 5. The molecule has 8 atom stereocenters. The maximum atomic E-state index is 13.3. The first-order valence-corrected chi connectivity index (χ1v) is 30.4. The van der Waals surface area contributed by atoms with E-state index in [1.165, 1.54) is 10.0 Å². The van der Waals surface area contributed by atoms with Crippen LogP contribution in [0.5, 0.6) is 0 Å². The molecule has 0 spiro atoms. The van der Waals surface area contributed by atoms with Crippen LogP contribution < -0.4 is 26.8 Å². The molecule has 2 aromatic heterocycles. The molecular weight excluding hydrogens is 1130 g/mol. The predicted octanol–water partition coefficient (Wildman–Crippen LogP) is 7.99. The van der Waals surface area contributed by atoms with Crippen molar-refractivity contribution in [3.63, 3.8) is 0 Å². The lowest BCUT2D eigenvalue weighted by Gasteiger charge is -2.35. The quantitative estimate of drug-likeness (QED) is 0.0626. The first kappa shape index (κ1) is 69.0. The minimum atomic E-state index is -0.896. The second-order valence-corrected chi connectivity index (χ2v) is 25.4. The Morgan fingerprint density at radius 2 is 1.44 bits per heavy atom. The van der Waals surface area contributed by atoms with Crippen molar-refractivity contribution in [2.45, 2.75) is 195 Å². The normalized spacial score (nSPS) is 21.3. The molecule has 0 unspecified atom stereocenters. The third-order valence-electron chi connectivity index (χ3n) is 14.8. The van der Waals surface area contributed by atoms with E-state index in [0.29, 0.717) is 38.8 Å². The SMILES string of the molecule is CC(C)[C@@H]1NC(=O)C/C=C/c2cnc3ccc(cc3c2)[C@@H](C)OC(=O)[C@@H]2CCCN(N2)C(=O)[C@H](C)NC1=O.CC(C)[C@H](CC(=O)OC(C)(C)C)C(=O)N[C@@H](C)C(=O)N1CCC[C@@H](C(=O)O[C@H](C)c2ccc3ncc(/C=C/CC(=O)OC(C)(C)C)cc3c2)N1. The van der Waals surface area contributed by atoms with Gasteiger partial charge < -0.3 is 34.9 Å². The number of esters is 4. The van der Waals surface area contributed by atoms with E-state index in [-0.39, 0.29) is 48.9 Å². The summed E-state index contributed by atoms with van der Waals surface area (Å²) in [4.78, 5) is 125. The van der Waals surface area contributed by atoms with Gasteiger partial charge in [0.15, 0.2) is 0 Å². The van der Waals surface area contributed by atoms with Gasteiger partial charge >= 0.3 is 23.9 Å². The van der Waals surface area contributed by atoms with Crippen LogP contribution in [0.4, 0.5) is 0 Å². The van der Waals surface area contributed by atoms with E-state index < -0.39 is 95.2 Å². The molecule has 0 aliphatic carbocycles. The van der Waals surface area contributed by atoms with E-state index in [1.54, 1.807) is 79.1 Å². The van der Waals surface area contributed by atoms with E-state index >= 15 is 0 Å². The number of hydrogen-bond donors (Lipinski definition) is 5. The molecule has 5 bridgehead atoms. The number of ether oxygens (including phenoxy) is 4. The Balaban J connectivity index is 0.000000291. The van der Waals surface area contributed by atoms with Gasteiger partial charge in [0.1, 0.15) is 53.6 Å². The fourth-order valence-electron chi connectivity index (χ4n) is 10.1. The van der Waals surface area contributed by atoms with E-state index in [1.807, 2.05) is 103 Å². The molecule has 5 heterocycles. The number of hydrazine groups is 2. The molecule has 5 N–H and O–H groups in total. The lowest BCUT2D eigenvalue weighted by atomic mass is 9.91. The fraction of sp³-hybridized carbons (Fsp3) is 0.530. The van der Waals surface area contributed by atoms with Crippen LogP contribution in [0.2, 0.25) is 0 Å². The van der Waals surface area contributed by atoms with Gasteiger partial charge in [-0.05, 0) is 165 Å². The number of nitrogens with one attached hydrogen (secondary N) is 5. The molecule has 2 fully saturated rings. The molecule has 4 aromatic rings. The molecule has 3 aliphatic heterocycles. The van der Waals surface area contributed by atoms with Gasteiger partial charge in [0.05, 0.1) is 29.8 Å². The second kappa shape index (κ2) is 30.7. The number of cyclic esters (lactones) is 1. The minimum Gasteiger partial charge on any atom is -0.460 e. The van der Waals surface area contributed by atoms with Crippen molar-refractivity contribution in [1.82, 2.24) is 46.8 Å². The van der Waals surface area contributed by atoms with Gasteiger partial charge in [0.25, 0.3) is 11.8 Å². The number of rotatable bonds is 13. The number of carbonyl (C=O) groups is 9. The second-order valence-electron chi connectivity index (χ2n) is 25.4. The molecule has 476 valence electrons. The van der Waals surface area contributed by atoms with Gasteiger partial charge in [0.2, 0.25) is 17.7 Å². The molecule has 2 saturated heterocycles. The van der Waals surface area contributed by atoms with Crippen LogP contribution in [0.15, 0.2) is 73.1 Å². The van der Waals surface area contributed by atoms with Gasteiger partial charge in [-0.25, -0.2) is 10.9 Å². The zero-order chi connectivity index (χ0) is 64.8. The zero-order valence-electron chi connectivity index (χ0n) is 53.3. The maximum Gasteiger partial charge on any atom is 0.325 e. The van der Waals surface area contributed by atoms with Crippen molar-refractivity contribution in [2.75, 3.05) is 13.1 Å². The highest BCUT2D eigenvalue weighted by molar-refractivity contribution is 5.93. The van der Waals surface area contributed by atoms with Crippen LogP contribution in [0, 0.1) is 17.8 Å². The summed E-state index contributed by atoms with van der Waals surface area (Å²) in [5.41, 5.74) is 9.52. The molecule has 3 aliphatic rings. The van der Waals surface area contributed by atoms with E-state index in [2.05, 4.69) is 36.8 Å². The summed E-state index contributed by atoms with van der Waals surface area (Å²) in [5, 5.41) is 12.7. The van der Waals surface area contributed by atoms with Crippen molar-refractivity contribution >= 4 is 87.4 Å². The van der Waals surface area contributed by atoms with Crippen molar-refractivity contribution < 1.29 is 62.1 Å². The average Bonchev–Trinajstić information content (AvgIpc) is 1.44. The van der Waals surface area contributed by atoms with Crippen molar-refractivity contribution in [2.24, 2.45) is 17.8 Å². The third kappa shape index (κ3) is 20.5. The number of nitrogens with zero attached hydrogens (tertiary/aromatic N) is 4. The van der Waals surface area contributed by atoms with Crippen molar-refractivity contribution in [3.05, 3.63) is 95.3 Å². The standard InChI is InChI=1S/C38H54N4O8.C28H35N5O5/c1-23(2)29(21-33(44)50-38(8,9)10)34(45)40-24(3)35(46)42-18-12-14-31(41-42)36(47)48-25(4)27-16-17-30-28(20-27)19-26(22-39-30)13-11-15-32(43)49-37(5,6)7;1-16(2)25-26(35)30-17(3)27(36)33-12-6-8-23(32-33)28(37)38-18(4)20-10-11-22-21(14-20)13-19(15-29-22)7-5-9-24(34)31-25/h11,13,16-17,19-20,22-25,29,31,41H,12,14-15,18,21H2,1-10H3,(H,40,45);5,7,10-11,13-18,23,25,32H,6,8-9,12H2,1-4H3,(H,30,35)(H,31,34)/b13-11+;7-5+/t24-,25+,29-,31-;17-,18+,23-,25-/m00/s1. The highest BCUT2D eigenvalue weighted by Crippen LogP contribution is 2.27. The molecule has 2 aromatic carbocycles. The number of pyridine rings is 2. The molecule has 22 nitrogen and oxygen atoms in total. The Morgan fingerprint density at radius 3 is 2.12 bits per heavy atom. The predicted molar refractivity (Wildman–Crippen MR) is 332 cm³/mol. The minimum absolute atomic E-state index is 0.0785. The summed E-state index contributed by atoms with van der Waals surface area (Å²) in [6.45, 7) is 25.6. The highest BCUT2D eigenvalue weighted by atomic mass is 16.6. The summed E-state index contributed by atoms with van der Waals surface area (Å²) in [6.07, 6.45) is 11.7. The molecule has 88 heavy (non-hydrogen) atoms. The summed E-state index contributed by atoms with van der Waals surface area (Å²) in [7, 11) is 0. The third-order valence-corrected chi connectivity index (χ3v) is 14.8. The number of hydrogen-bond acceptors (Lipinski definition) is 17. The first-order valence-electron chi connectivity index (χ1n) is 30.4. The Hall–Kier alpha value is -8.11. The summed E-state index contributed by atoms with van der Waals surface area (Å²) < 4.78 is 22.3. The van der Waals surface area contributed by atoms with E-state index in [0.717, 1.165) is 44.1 Å². The topological polar surface area (TPSA) is 283 Å². The number of benzene rings is 2. The smallest absolute Gasteiger partial charge is 0.325 e. The van der Waals surface area contributed by atoms with Crippen LogP contribution in [0.1, 0.15) is 176 Å². The van der Waals surface area contributed by atoms with Crippen LogP contribution in [-0.2, 0) is 62.1 Å². The van der Waals surface area contributed by atoms with Crippen LogP contribution in [0.3, 0.4) is 0 Å². The summed E-state index contributed by atoms with van der Waals surface area (Å²) in [5.74, 6) is -4.70. The van der Waals surface area contributed by atoms with Gasteiger partial charge in [-0.1, -0.05) is 64.1 Å². The van der Waals surface area contributed by atoms with E-state index in [4.69, 9.17) is 18.9 Å². The van der Waals surface area contributed by atoms with Crippen molar-refractivity contribution in [3.8, 4) is 0 Å². The Morgan fingerprint density at radius 1 is 0.784 bits per heavy atom. The Bertz CT molecular complexity index is 3260. The monoisotopic (exact) mass is 1220 g/mol. The van der Waals surface area contributed by atoms with Crippen LogP contribution in [0.25, 0.3) is 34.0 Å². The van der Waals surface area contributed by atoms with Gasteiger partial charge in [0, 0.05) is 42.7 Å². The van der Waals surface area contributed by atoms with Crippen molar-refractivity contribution in [1.29, 1.82) is 0 Å². The highest BCUT2D eigenvalue weighted by Gasteiger charge is 2.37. The fourth-order valence-corrected chi connectivity index (χ4v) is 10.1.